The van der Waals surface area contributed by atoms with Gasteiger partial charge in [0.1, 0.15) is 0 Å². The molecular weight excluding hydrogens is 262 g/mol. The van der Waals surface area contributed by atoms with Gasteiger partial charge >= 0.3 is 12.1 Å². The van der Waals surface area contributed by atoms with Crippen molar-refractivity contribution in [2.45, 2.75) is 19.4 Å². The second-order valence-electron chi connectivity index (χ2n) is 3.87. The Bertz CT molecular complexity index is 484. The van der Waals surface area contributed by atoms with Crippen molar-refractivity contribution >= 4 is 17.8 Å². The van der Waals surface area contributed by atoms with E-state index in [2.05, 4.69) is 9.73 Å². The zero-order chi connectivity index (χ0) is 15.0. The summed E-state index contributed by atoms with van der Waals surface area (Å²) in [6.45, 7) is 1.82. The normalized spacial score (nSPS) is 12.7. The van der Waals surface area contributed by atoms with Crippen molar-refractivity contribution in [3.8, 4) is 0 Å². The number of ether oxygens (including phenoxy) is 2. The Morgan fingerprint density at radius 1 is 1.30 bits per heavy atom. The van der Waals surface area contributed by atoms with Crippen LogP contribution in [0, 0.1) is 0 Å². The van der Waals surface area contributed by atoms with Crippen LogP contribution < -0.4 is 0 Å². The first-order valence-electron chi connectivity index (χ1n) is 6.14. The molecule has 108 valence electrons. The van der Waals surface area contributed by atoms with E-state index in [-0.39, 0.29) is 18.7 Å². The summed E-state index contributed by atoms with van der Waals surface area (Å²) < 4.78 is 9.18. The van der Waals surface area contributed by atoms with Crippen molar-refractivity contribution in [2.24, 2.45) is 4.99 Å². The number of aliphatic imine (C=N–C) groups is 1. The van der Waals surface area contributed by atoms with E-state index in [1.165, 1.54) is 7.11 Å². The highest BCUT2D eigenvalue weighted by atomic mass is 16.5. The molecule has 1 N–H and O–H groups in total. The molecule has 0 spiro atoms. The zero-order valence-corrected chi connectivity index (χ0v) is 11.4. The summed E-state index contributed by atoms with van der Waals surface area (Å²) in [5, 5.41) is 9.76. The third-order valence-electron chi connectivity index (χ3n) is 2.45. The average Bonchev–Trinajstić information content (AvgIpc) is 2.47. The van der Waals surface area contributed by atoms with Crippen LogP contribution in [0.1, 0.15) is 18.9 Å². The number of amides is 1. The first kappa shape index (κ1) is 15.8. The largest absolute Gasteiger partial charge is 0.464 e. The van der Waals surface area contributed by atoms with Crippen LogP contribution in [0.25, 0.3) is 0 Å². The van der Waals surface area contributed by atoms with Crippen molar-refractivity contribution in [1.82, 2.24) is 0 Å². The van der Waals surface area contributed by atoms with E-state index >= 15 is 0 Å². The fourth-order valence-corrected chi connectivity index (χ4v) is 1.52. The van der Waals surface area contributed by atoms with Crippen molar-refractivity contribution < 1.29 is 24.2 Å². The number of aliphatic hydroxyl groups excluding tert-OH is 1. The van der Waals surface area contributed by atoms with Crippen LogP contribution in [-0.2, 0) is 14.3 Å². The highest BCUT2D eigenvalue weighted by Gasteiger charge is 2.20. The minimum absolute atomic E-state index is 0.127. The van der Waals surface area contributed by atoms with Crippen LogP contribution >= 0.6 is 0 Å². The number of esters is 1. The first-order valence-corrected chi connectivity index (χ1v) is 6.14. The minimum atomic E-state index is -1.38. The molecule has 0 bridgehead atoms. The van der Waals surface area contributed by atoms with E-state index in [0.717, 1.165) is 0 Å². The predicted molar refractivity (Wildman–Crippen MR) is 72.6 cm³/mol. The molecule has 0 fully saturated rings. The summed E-state index contributed by atoms with van der Waals surface area (Å²) in [5.41, 5.74) is 0.888. The lowest BCUT2D eigenvalue weighted by Crippen LogP contribution is -2.26. The maximum atomic E-state index is 11.4. The third-order valence-corrected chi connectivity index (χ3v) is 2.45. The Balaban J connectivity index is 2.93. The summed E-state index contributed by atoms with van der Waals surface area (Å²) in [6.07, 6.45) is -2.30. The molecule has 1 amide bonds. The van der Waals surface area contributed by atoms with E-state index in [9.17, 15) is 14.7 Å². The van der Waals surface area contributed by atoms with Gasteiger partial charge in [-0.25, -0.2) is 9.59 Å². The van der Waals surface area contributed by atoms with Gasteiger partial charge in [0.25, 0.3) is 0 Å². The van der Waals surface area contributed by atoms with E-state index in [0.29, 0.717) is 5.56 Å². The van der Waals surface area contributed by atoms with Crippen molar-refractivity contribution in [2.75, 3.05) is 13.7 Å². The molecule has 1 atom stereocenters. The topological polar surface area (TPSA) is 85.2 Å². The summed E-state index contributed by atoms with van der Waals surface area (Å²) in [6, 6.07) is 8.78. The molecule has 0 unspecified atom stereocenters. The smallest absolute Gasteiger partial charge is 0.433 e. The average molecular weight is 279 g/mol. The Kier molecular flexibility index (Phi) is 6.39. The quantitative estimate of drug-likeness (QED) is 0.653. The molecule has 1 aromatic rings. The van der Waals surface area contributed by atoms with Crippen molar-refractivity contribution in [1.29, 1.82) is 0 Å². The molecule has 0 aliphatic heterocycles. The number of carbonyl (C=O) groups is 2. The van der Waals surface area contributed by atoms with Gasteiger partial charge in [-0.3, -0.25) is 0 Å². The summed E-state index contributed by atoms with van der Waals surface area (Å²) in [7, 11) is 1.20. The maximum absolute atomic E-state index is 11.4. The lowest BCUT2D eigenvalue weighted by molar-refractivity contribution is -0.152. The Hall–Kier alpha value is -2.21. The van der Waals surface area contributed by atoms with Crippen molar-refractivity contribution in [3.63, 3.8) is 0 Å². The van der Waals surface area contributed by atoms with Gasteiger partial charge in [0, 0.05) is 6.42 Å². The maximum Gasteiger partial charge on any atom is 0.433 e. The molecule has 0 heterocycles. The molecular formula is C14H17NO5. The van der Waals surface area contributed by atoms with Crippen LogP contribution in [0.15, 0.2) is 35.3 Å². The van der Waals surface area contributed by atoms with Gasteiger partial charge in [0.2, 0.25) is 0 Å². The fraction of sp³-hybridized carbons (Fsp3) is 0.357. The SMILES string of the molecule is CCOC(=O)[C@@H](O)C/C(=N/C(=O)OC)c1ccccc1. The molecule has 0 aromatic heterocycles. The minimum Gasteiger partial charge on any atom is -0.464 e. The molecule has 1 rings (SSSR count). The number of methoxy groups -OCH3 is 1. The van der Waals surface area contributed by atoms with E-state index in [1.54, 1.807) is 37.3 Å². The molecule has 0 aliphatic carbocycles. The lowest BCUT2D eigenvalue weighted by Gasteiger charge is -2.11. The number of nitrogens with zero attached hydrogens (tertiary/aromatic N) is 1. The summed E-state index contributed by atoms with van der Waals surface area (Å²) in [5.74, 6) is -0.749. The molecule has 20 heavy (non-hydrogen) atoms. The molecule has 6 nitrogen and oxygen atoms in total. The summed E-state index contributed by atoms with van der Waals surface area (Å²) >= 11 is 0. The number of benzene rings is 1. The number of hydrogen-bond acceptors (Lipinski definition) is 5. The summed E-state index contributed by atoms with van der Waals surface area (Å²) in [4.78, 5) is 26.4. The van der Waals surface area contributed by atoms with E-state index in [4.69, 9.17) is 4.74 Å². The van der Waals surface area contributed by atoms with Crippen LogP contribution in [0.2, 0.25) is 0 Å². The van der Waals surface area contributed by atoms with Gasteiger partial charge in [-0.1, -0.05) is 30.3 Å². The monoisotopic (exact) mass is 279 g/mol. The van der Waals surface area contributed by atoms with Crippen molar-refractivity contribution in [3.05, 3.63) is 35.9 Å². The van der Waals surface area contributed by atoms with Crippen LogP contribution in [0.5, 0.6) is 0 Å². The molecule has 6 heteroatoms. The van der Waals surface area contributed by atoms with Gasteiger partial charge in [0.15, 0.2) is 6.10 Å². The number of carbonyl (C=O) groups excluding carboxylic acids is 2. The highest BCUT2D eigenvalue weighted by Crippen LogP contribution is 2.09. The highest BCUT2D eigenvalue weighted by molar-refractivity contribution is 6.06. The molecule has 0 saturated heterocycles. The number of hydrogen-bond donors (Lipinski definition) is 1. The molecule has 1 aromatic carbocycles. The Morgan fingerprint density at radius 3 is 2.50 bits per heavy atom. The first-order chi connectivity index (χ1) is 9.58. The fourth-order valence-electron chi connectivity index (χ4n) is 1.52. The molecule has 0 saturated carbocycles. The lowest BCUT2D eigenvalue weighted by atomic mass is 10.0. The molecule has 0 aliphatic rings. The standard InChI is InChI=1S/C14H17NO5/c1-3-20-13(17)12(16)9-11(15-14(18)19-2)10-7-5-4-6-8-10/h4-8,12,16H,3,9H2,1-2H3/b15-11-/t12-/m0/s1. The van der Waals surface area contributed by atoms with Gasteiger partial charge in [-0.15, -0.1) is 0 Å². The Morgan fingerprint density at radius 2 is 1.95 bits per heavy atom. The second kappa shape index (κ2) is 8.06. The van der Waals surface area contributed by atoms with Gasteiger partial charge in [0.05, 0.1) is 19.4 Å². The predicted octanol–water partition coefficient (Wildman–Crippen LogP) is 1.56. The van der Waals surface area contributed by atoms with Gasteiger partial charge in [-0.05, 0) is 12.5 Å². The third kappa shape index (κ3) is 4.81. The Labute approximate surface area is 117 Å². The van der Waals surface area contributed by atoms with Crippen LogP contribution in [0.3, 0.4) is 0 Å². The number of rotatable bonds is 5. The van der Waals surface area contributed by atoms with Gasteiger partial charge < -0.3 is 14.6 Å². The van der Waals surface area contributed by atoms with Crippen LogP contribution in [-0.4, -0.2) is 42.7 Å². The van der Waals surface area contributed by atoms with E-state index in [1.807, 2.05) is 0 Å². The zero-order valence-electron chi connectivity index (χ0n) is 11.4. The van der Waals surface area contributed by atoms with Crippen LogP contribution in [0.4, 0.5) is 4.79 Å². The van der Waals surface area contributed by atoms with Gasteiger partial charge in [-0.2, -0.15) is 4.99 Å². The van der Waals surface area contributed by atoms with E-state index < -0.39 is 18.2 Å². The second-order valence-corrected chi connectivity index (χ2v) is 3.87. The number of aliphatic hydroxyl groups is 1. The molecule has 0 radical (unpaired) electrons.